The number of carboxylic acids is 1. The van der Waals surface area contributed by atoms with E-state index in [0.717, 1.165) is 12.1 Å². The predicted molar refractivity (Wildman–Crippen MR) is 85.4 cm³/mol. The van der Waals surface area contributed by atoms with Crippen LogP contribution in [0.25, 0.3) is 0 Å². The van der Waals surface area contributed by atoms with E-state index >= 15 is 0 Å². The average Bonchev–Trinajstić information content (AvgIpc) is 2.50. The van der Waals surface area contributed by atoms with Crippen LogP contribution in [0.3, 0.4) is 0 Å². The van der Waals surface area contributed by atoms with E-state index < -0.39 is 12.1 Å². The summed E-state index contributed by atoms with van der Waals surface area (Å²) < 4.78 is 0. The molecule has 2 aliphatic rings. The van der Waals surface area contributed by atoms with Crippen LogP contribution in [0.2, 0.25) is 0 Å². The first-order valence-electron chi connectivity index (χ1n) is 8.80. The second kappa shape index (κ2) is 11.0. The molecule has 4 nitrogen and oxygen atoms in total. The Labute approximate surface area is 129 Å². The van der Waals surface area contributed by atoms with Gasteiger partial charge in [0.1, 0.15) is 0 Å². The van der Waals surface area contributed by atoms with Gasteiger partial charge in [0.2, 0.25) is 0 Å². The first-order valence-corrected chi connectivity index (χ1v) is 8.80. The Morgan fingerprint density at radius 3 is 1.71 bits per heavy atom. The molecule has 0 radical (unpaired) electrons. The van der Waals surface area contributed by atoms with Crippen molar-refractivity contribution in [1.82, 2.24) is 5.32 Å². The molecule has 0 aromatic heterocycles. The number of nitrogens with one attached hydrogen (secondary N) is 1. The SMILES string of the molecule is C1CCC(NC2CCCCC2)CC1.CCCC(O)C(=O)O. The quantitative estimate of drug-likeness (QED) is 0.727. The Balaban J connectivity index is 0.000000240. The minimum absolute atomic E-state index is 0.343. The highest BCUT2D eigenvalue weighted by atomic mass is 16.4. The van der Waals surface area contributed by atoms with Crippen LogP contribution in [-0.2, 0) is 4.79 Å². The number of hydrogen-bond donors (Lipinski definition) is 3. The number of aliphatic hydroxyl groups excluding tert-OH is 1. The van der Waals surface area contributed by atoms with Gasteiger partial charge in [-0.2, -0.15) is 0 Å². The summed E-state index contributed by atoms with van der Waals surface area (Å²) in [6, 6.07) is 1.74. The molecule has 0 amide bonds. The molecule has 4 heteroatoms. The molecule has 2 aliphatic carbocycles. The first kappa shape index (κ1) is 18.4. The standard InChI is InChI=1S/C12H23N.C5H10O3/c1-3-7-11(8-4-1)13-12-9-5-2-6-10-12;1-2-3-4(6)5(7)8/h11-13H,1-10H2;4,6H,2-3H2,1H3,(H,7,8). The van der Waals surface area contributed by atoms with Crippen molar-refractivity contribution < 1.29 is 15.0 Å². The Kier molecular flexibility index (Phi) is 9.68. The maximum atomic E-state index is 9.84. The maximum Gasteiger partial charge on any atom is 0.332 e. The van der Waals surface area contributed by atoms with Crippen molar-refractivity contribution >= 4 is 5.97 Å². The number of hydrogen-bond acceptors (Lipinski definition) is 3. The van der Waals surface area contributed by atoms with E-state index in [2.05, 4.69) is 5.32 Å². The number of aliphatic hydroxyl groups is 1. The van der Waals surface area contributed by atoms with Gasteiger partial charge >= 0.3 is 5.97 Å². The van der Waals surface area contributed by atoms with Crippen molar-refractivity contribution in [3.8, 4) is 0 Å². The van der Waals surface area contributed by atoms with E-state index in [-0.39, 0.29) is 0 Å². The molecule has 1 atom stereocenters. The lowest BCUT2D eigenvalue weighted by molar-refractivity contribution is -0.146. The lowest BCUT2D eigenvalue weighted by Crippen LogP contribution is -2.40. The normalized spacial score (nSPS) is 22.2. The highest BCUT2D eigenvalue weighted by Crippen LogP contribution is 2.22. The highest BCUT2D eigenvalue weighted by molar-refractivity contribution is 5.71. The summed E-state index contributed by atoms with van der Waals surface area (Å²) >= 11 is 0. The van der Waals surface area contributed by atoms with E-state index in [1.54, 1.807) is 0 Å². The summed E-state index contributed by atoms with van der Waals surface area (Å²) in [4.78, 5) is 9.84. The number of rotatable bonds is 5. The summed E-state index contributed by atoms with van der Waals surface area (Å²) in [6.07, 6.45) is 14.4. The molecule has 21 heavy (non-hydrogen) atoms. The molecule has 2 fully saturated rings. The van der Waals surface area contributed by atoms with E-state index in [0.29, 0.717) is 12.8 Å². The smallest absolute Gasteiger partial charge is 0.332 e. The first-order chi connectivity index (χ1) is 10.1. The van der Waals surface area contributed by atoms with Gasteiger partial charge in [0.15, 0.2) is 6.10 Å². The summed E-state index contributed by atoms with van der Waals surface area (Å²) in [5, 5.41) is 20.4. The van der Waals surface area contributed by atoms with Crippen LogP contribution in [0, 0.1) is 0 Å². The molecular formula is C17H33NO3. The van der Waals surface area contributed by atoms with E-state index in [4.69, 9.17) is 10.2 Å². The summed E-state index contributed by atoms with van der Waals surface area (Å²) in [5.74, 6) is -1.13. The second-order valence-electron chi connectivity index (χ2n) is 6.48. The van der Waals surface area contributed by atoms with Gasteiger partial charge < -0.3 is 15.5 Å². The van der Waals surface area contributed by atoms with Crippen molar-refractivity contribution in [3.05, 3.63) is 0 Å². The minimum Gasteiger partial charge on any atom is -0.479 e. The van der Waals surface area contributed by atoms with E-state index in [1.807, 2.05) is 6.92 Å². The van der Waals surface area contributed by atoms with Crippen molar-refractivity contribution in [2.45, 2.75) is 102 Å². The molecular weight excluding hydrogens is 266 g/mol. The van der Waals surface area contributed by atoms with Gasteiger partial charge in [0, 0.05) is 12.1 Å². The lowest BCUT2D eigenvalue weighted by atomic mass is 9.91. The van der Waals surface area contributed by atoms with E-state index in [1.165, 1.54) is 64.2 Å². The van der Waals surface area contributed by atoms with Crippen LogP contribution in [0.4, 0.5) is 0 Å². The lowest BCUT2D eigenvalue weighted by Gasteiger charge is -2.30. The third kappa shape index (κ3) is 8.42. The van der Waals surface area contributed by atoms with Crippen LogP contribution in [0.5, 0.6) is 0 Å². The fraction of sp³-hybridized carbons (Fsp3) is 0.941. The van der Waals surface area contributed by atoms with Crippen molar-refractivity contribution in [2.24, 2.45) is 0 Å². The molecule has 0 aromatic rings. The summed E-state index contributed by atoms with van der Waals surface area (Å²) in [5.41, 5.74) is 0. The molecule has 3 N–H and O–H groups in total. The van der Waals surface area contributed by atoms with Gasteiger partial charge in [-0.25, -0.2) is 4.79 Å². The Bertz CT molecular complexity index is 255. The van der Waals surface area contributed by atoms with Crippen molar-refractivity contribution in [3.63, 3.8) is 0 Å². The molecule has 0 heterocycles. The fourth-order valence-electron chi connectivity index (χ4n) is 3.27. The zero-order valence-electron chi connectivity index (χ0n) is 13.5. The molecule has 1 unspecified atom stereocenters. The largest absolute Gasteiger partial charge is 0.479 e. The second-order valence-corrected chi connectivity index (χ2v) is 6.48. The van der Waals surface area contributed by atoms with Crippen LogP contribution >= 0.6 is 0 Å². The van der Waals surface area contributed by atoms with Crippen LogP contribution in [-0.4, -0.2) is 34.4 Å². The molecule has 0 aliphatic heterocycles. The average molecular weight is 299 g/mol. The summed E-state index contributed by atoms with van der Waals surface area (Å²) in [7, 11) is 0. The molecule has 0 saturated heterocycles. The van der Waals surface area contributed by atoms with E-state index in [9.17, 15) is 4.79 Å². The van der Waals surface area contributed by atoms with Crippen LogP contribution in [0.1, 0.15) is 84.0 Å². The molecule has 2 saturated carbocycles. The maximum absolute atomic E-state index is 9.84. The van der Waals surface area contributed by atoms with Gasteiger partial charge in [-0.1, -0.05) is 51.9 Å². The minimum atomic E-state index is -1.17. The number of carboxylic acid groups (broad SMARTS) is 1. The summed E-state index contributed by atoms with van der Waals surface area (Å²) in [6.45, 7) is 1.83. The highest BCUT2D eigenvalue weighted by Gasteiger charge is 2.19. The Hall–Kier alpha value is -0.610. The molecule has 0 spiro atoms. The zero-order valence-corrected chi connectivity index (χ0v) is 13.5. The van der Waals surface area contributed by atoms with Gasteiger partial charge in [-0.15, -0.1) is 0 Å². The molecule has 0 bridgehead atoms. The van der Waals surface area contributed by atoms with Crippen molar-refractivity contribution in [2.75, 3.05) is 0 Å². The fourth-order valence-corrected chi connectivity index (χ4v) is 3.27. The van der Waals surface area contributed by atoms with Crippen LogP contribution in [0.15, 0.2) is 0 Å². The van der Waals surface area contributed by atoms with Gasteiger partial charge in [-0.05, 0) is 32.1 Å². The van der Waals surface area contributed by atoms with Gasteiger partial charge in [0.25, 0.3) is 0 Å². The monoisotopic (exact) mass is 299 g/mol. The molecule has 2 rings (SSSR count). The Morgan fingerprint density at radius 2 is 1.43 bits per heavy atom. The van der Waals surface area contributed by atoms with Crippen molar-refractivity contribution in [1.29, 1.82) is 0 Å². The number of carbonyl (C=O) groups is 1. The van der Waals surface area contributed by atoms with Gasteiger partial charge in [-0.3, -0.25) is 0 Å². The zero-order chi connectivity index (χ0) is 15.5. The topological polar surface area (TPSA) is 69.6 Å². The third-order valence-corrected chi connectivity index (χ3v) is 4.53. The molecule has 124 valence electrons. The Morgan fingerprint density at radius 1 is 1.00 bits per heavy atom. The predicted octanol–water partition coefficient (Wildman–Crippen LogP) is 3.47. The van der Waals surface area contributed by atoms with Gasteiger partial charge in [0.05, 0.1) is 0 Å². The third-order valence-electron chi connectivity index (χ3n) is 4.53. The van der Waals surface area contributed by atoms with Crippen LogP contribution < -0.4 is 5.32 Å². The number of aliphatic carboxylic acids is 1. The molecule has 0 aromatic carbocycles.